The van der Waals surface area contributed by atoms with Gasteiger partial charge in [0.15, 0.2) is 5.58 Å². The Hall–Kier alpha value is -2.62. The average Bonchev–Trinajstić information content (AvgIpc) is 3.03. The second-order valence-electron chi connectivity index (χ2n) is 7.66. The van der Waals surface area contributed by atoms with Crippen LogP contribution >= 0.6 is 11.6 Å². The standard InChI is InChI=1S/C21H22ClN3O5S/c1-24-18-7-6-17(13-19(18)30-21(24)27)31(28,29)25-10-8-14(9-11-25)12-20(26)23-16-4-2-15(22)3-5-16/h2-7,13-14H,8-12H2,1H3,(H,23,26). The van der Waals surface area contributed by atoms with Crippen molar-refractivity contribution in [3.8, 4) is 0 Å². The third-order valence-electron chi connectivity index (χ3n) is 5.58. The van der Waals surface area contributed by atoms with Gasteiger partial charge in [0.25, 0.3) is 0 Å². The molecule has 164 valence electrons. The number of fused-ring (bicyclic) bond motifs is 1. The highest BCUT2D eigenvalue weighted by Gasteiger charge is 2.30. The van der Waals surface area contributed by atoms with Crippen LogP contribution in [0.25, 0.3) is 11.1 Å². The molecule has 4 rings (SSSR count). The Morgan fingerprint density at radius 1 is 1.16 bits per heavy atom. The lowest BCUT2D eigenvalue weighted by atomic mass is 9.94. The van der Waals surface area contributed by atoms with Gasteiger partial charge in [0.1, 0.15) is 0 Å². The van der Waals surface area contributed by atoms with Gasteiger partial charge in [-0.15, -0.1) is 0 Å². The summed E-state index contributed by atoms with van der Waals surface area (Å²) in [7, 11) is -2.15. The Morgan fingerprint density at radius 3 is 2.52 bits per heavy atom. The van der Waals surface area contributed by atoms with Crippen molar-refractivity contribution in [2.75, 3.05) is 18.4 Å². The second-order valence-corrected chi connectivity index (χ2v) is 10.0. The maximum absolute atomic E-state index is 13.0. The van der Waals surface area contributed by atoms with Crippen LogP contribution in [-0.2, 0) is 21.9 Å². The molecule has 10 heteroatoms. The number of hydrogen-bond donors (Lipinski definition) is 1. The Balaban J connectivity index is 1.38. The summed E-state index contributed by atoms with van der Waals surface area (Å²) >= 11 is 5.85. The zero-order valence-electron chi connectivity index (χ0n) is 16.9. The Labute approximate surface area is 184 Å². The van der Waals surface area contributed by atoms with E-state index in [0.717, 1.165) is 0 Å². The number of amides is 1. The molecule has 3 aromatic rings. The molecule has 31 heavy (non-hydrogen) atoms. The number of aromatic nitrogens is 1. The van der Waals surface area contributed by atoms with Gasteiger partial charge < -0.3 is 9.73 Å². The molecule has 0 bridgehead atoms. The fourth-order valence-corrected chi connectivity index (χ4v) is 5.40. The molecular formula is C21H22ClN3O5S. The Kier molecular flexibility index (Phi) is 5.92. The average molecular weight is 464 g/mol. The molecule has 2 heterocycles. The number of anilines is 1. The van der Waals surface area contributed by atoms with E-state index in [1.165, 1.54) is 21.0 Å². The van der Waals surface area contributed by atoms with Gasteiger partial charge in [-0.2, -0.15) is 4.31 Å². The fraction of sp³-hybridized carbons (Fsp3) is 0.333. The van der Waals surface area contributed by atoms with Crippen molar-refractivity contribution in [3.63, 3.8) is 0 Å². The zero-order chi connectivity index (χ0) is 22.2. The van der Waals surface area contributed by atoms with Crippen LogP contribution in [0.5, 0.6) is 0 Å². The third kappa shape index (κ3) is 4.53. The SMILES string of the molecule is Cn1c(=O)oc2cc(S(=O)(=O)N3CCC(CC(=O)Nc4ccc(Cl)cc4)CC3)ccc21. The monoisotopic (exact) mass is 463 g/mol. The molecule has 0 saturated carbocycles. The minimum Gasteiger partial charge on any atom is -0.408 e. The lowest BCUT2D eigenvalue weighted by Crippen LogP contribution is -2.39. The predicted molar refractivity (Wildman–Crippen MR) is 118 cm³/mol. The van der Waals surface area contributed by atoms with Gasteiger partial charge >= 0.3 is 5.76 Å². The summed E-state index contributed by atoms with van der Waals surface area (Å²) in [5.41, 5.74) is 1.45. The summed E-state index contributed by atoms with van der Waals surface area (Å²) in [4.78, 5) is 24.1. The Morgan fingerprint density at radius 2 is 1.84 bits per heavy atom. The van der Waals surface area contributed by atoms with E-state index in [1.54, 1.807) is 37.4 Å². The van der Waals surface area contributed by atoms with Gasteiger partial charge in [0.05, 0.1) is 10.4 Å². The minimum atomic E-state index is -3.71. The number of rotatable bonds is 5. The van der Waals surface area contributed by atoms with E-state index >= 15 is 0 Å². The number of oxazole rings is 1. The van der Waals surface area contributed by atoms with Gasteiger partial charge in [0, 0.05) is 43.3 Å². The molecule has 2 aromatic carbocycles. The van der Waals surface area contributed by atoms with E-state index in [9.17, 15) is 18.0 Å². The van der Waals surface area contributed by atoms with Gasteiger partial charge in [-0.3, -0.25) is 9.36 Å². The molecule has 0 aliphatic carbocycles. The molecule has 1 saturated heterocycles. The fourth-order valence-electron chi connectivity index (χ4n) is 3.78. The highest BCUT2D eigenvalue weighted by molar-refractivity contribution is 7.89. The maximum Gasteiger partial charge on any atom is 0.419 e. The van der Waals surface area contributed by atoms with Crippen LogP contribution in [0.15, 0.2) is 56.6 Å². The first-order chi connectivity index (χ1) is 14.7. The number of nitrogens with zero attached hydrogens (tertiary/aromatic N) is 2. The number of halogens is 1. The van der Waals surface area contributed by atoms with Gasteiger partial charge in [-0.1, -0.05) is 11.6 Å². The normalized spacial score (nSPS) is 15.9. The summed E-state index contributed by atoms with van der Waals surface area (Å²) < 4.78 is 33.9. The van der Waals surface area contributed by atoms with E-state index in [-0.39, 0.29) is 22.3 Å². The first kappa shape index (κ1) is 21.6. The van der Waals surface area contributed by atoms with E-state index in [1.807, 2.05) is 0 Å². The van der Waals surface area contributed by atoms with Crippen molar-refractivity contribution in [2.45, 2.75) is 24.2 Å². The van der Waals surface area contributed by atoms with Crippen molar-refractivity contribution in [3.05, 3.63) is 58.0 Å². The number of aryl methyl sites for hydroxylation is 1. The molecule has 8 nitrogen and oxygen atoms in total. The molecule has 0 unspecified atom stereocenters. The van der Waals surface area contributed by atoms with Gasteiger partial charge in [-0.25, -0.2) is 13.2 Å². The topological polar surface area (TPSA) is 102 Å². The van der Waals surface area contributed by atoms with Gasteiger partial charge in [-0.05, 0) is 55.2 Å². The molecule has 0 radical (unpaired) electrons. The van der Waals surface area contributed by atoms with Crippen molar-refractivity contribution in [1.29, 1.82) is 0 Å². The predicted octanol–water partition coefficient (Wildman–Crippen LogP) is 3.21. The number of carbonyl (C=O) groups is 1. The number of piperidine rings is 1. The number of hydrogen-bond acceptors (Lipinski definition) is 5. The summed E-state index contributed by atoms with van der Waals surface area (Å²) in [6, 6.07) is 11.3. The quantitative estimate of drug-likeness (QED) is 0.626. The molecule has 1 aliphatic rings. The van der Waals surface area contributed by atoms with Crippen molar-refractivity contribution in [2.24, 2.45) is 13.0 Å². The summed E-state index contributed by atoms with van der Waals surface area (Å²) in [5, 5.41) is 3.44. The third-order valence-corrected chi connectivity index (χ3v) is 7.72. The molecule has 1 fully saturated rings. The zero-order valence-corrected chi connectivity index (χ0v) is 18.4. The highest BCUT2D eigenvalue weighted by atomic mass is 35.5. The first-order valence-electron chi connectivity index (χ1n) is 9.89. The van der Waals surface area contributed by atoms with Gasteiger partial charge in [0.2, 0.25) is 15.9 Å². The smallest absolute Gasteiger partial charge is 0.408 e. The van der Waals surface area contributed by atoms with Crippen LogP contribution in [-0.4, -0.2) is 36.3 Å². The first-order valence-corrected chi connectivity index (χ1v) is 11.7. The minimum absolute atomic E-state index is 0.0910. The van der Waals surface area contributed by atoms with E-state index in [2.05, 4.69) is 5.32 Å². The van der Waals surface area contributed by atoms with Crippen LogP contribution in [0.4, 0.5) is 5.69 Å². The molecule has 1 aromatic heterocycles. The molecule has 1 amide bonds. The van der Waals surface area contributed by atoms with Crippen LogP contribution in [0, 0.1) is 5.92 Å². The molecule has 1 aliphatic heterocycles. The maximum atomic E-state index is 13.0. The number of benzene rings is 2. The molecule has 1 N–H and O–H groups in total. The highest BCUT2D eigenvalue weighted by Crippen LogP contribution is 2.27. The van der Waals surface area contributed by atoms with E-state index < -0.39 is 15.8 Å². The lowest BCUT2D eigenvalue weighted by Gasteiger charge is -2.31. The molecule has 0 atom stereocenters. The van der Waals surface area contributed by atoms with E-state index in [4.69, 9.17) is 16.0 Å². The van der Waals surface area contributed by atoms with Crippen LogP contribution < -0.4 is 11.1 Å². The number of sulfonamides is 1. The van der Waals surface area contributed by atoms with Crippen LogP contribution in [0.1, 0.15) is 19.3 Å². The van der Waals surface area contributed by atoms with Crippen LogP contribution in [0.2, 0.25) is 5.02 Å². The Bertz CT molecular complexity index is 1270. The molecular weight excluding hydrogens is 442 g/mol. The largest absolute Gasteiger partial charge is 0.419 e. The number of carbonyl (C=O) groups excluding carboxylic acids is 1. The van der Waals surface area contributed by atoms with Crippen molar-refractivity contribution < 1.29 is 17.6 Å². The number of nitrogens with one attached hydrogen (secondary N) is 1. The van der Waals surface area contributed by atoms with Crippen LogP contribution in [0.3, 0.4) is 0 Å². The van der Waals surface area contributed by atoms with Crippen molar-refractivity contribution in [1.82, 2.24) is 8.87 Å². The van der Waals surface area contributed by atoms with Crippen molar-refractivity contribution >= 4 is 44.3 Å². The lowest BCUT2D eigenvalue weighted by molar-refractivity contribution is -0.117. The molecule has 0 spiro atoms. The summed E-state index contributed by atoms with van der Waals surface area (Å²) in [6.45, 7) is 0.663. The summed E-state index contributed by atoms with van der Waals surface area (Å²) in [6.07, 6.45) is 1.52. The summed E-state index contributed by atoms with van der Waals surface area (Å²) in [5.74, 6) is -0.538. The second kappa shape index (κ2) is 8.49. The van der Waals surface area contributed by atoms with E-state index in [0.29, 0.717) is 48.6 Å².